The molecule has 1 aliphatic rings. The molecule has 1 aliphatic heterocycles. The Balaban J connectivity index is 1.47. The molecule has 0 bridgehead atoms. The van der Waals surface area contributed by atoms with Gasteiger partial charge < -0.3 is 4.90 Å². The number of aryl methyl sites for hydroxylation is 1. The Morgan fingerprint density at radius 2 is 1.83 bits per heavy atom. The molecular weight excluding hydrogens is 304 g/mol. The lowest BCUT2D eigenvalue weighted by atomic mass is 10.2. The first-order valence-electron chi connectivity index (χ1n) is 8.02. The van der Waals surface area contributed by atoms with Crippen molar-refractivity contribution in [3.05, 3.63) is 63.9 Å². The van der Waals surface area contributed by atoms with E-state index >= 15 is 0 Å². The molecular formula is C19H22N2OS. The molecule has 3 rings (SSSR count). The molecule has 0 unspecified atom stereocenters. The normalized spacial score (nSPS) is 16.1. The maximum absolute atomic E-state index is 12.4. The molecule has 0 spiro atoms. The van der Waals surface area contributed by atoms with Crippen LogP contribution in [0.4, 0.5) is 0 Å². The average molecular weight is 326 g/mol. The van der Waals surface area contributed by atoms with Gasteiger partial charge in [0.2, 0.25) is 0 Å². The fourth-order valence-electron chi connectivity index (χ4n) is 2.74. The third-order valence-electron chi connectivity index (χ3n) is 4.08. The number of nitrogens with zero attached hydrogens (tertiary/aromatic N) is 2. The number of benzene rings is 1. The highest BCUT2D eigenvalue weighted by atomic mass is 32.1. The summed E-state index contributed by atoms with van der Waals surface area (Å²) in [5, 5.41) is 0. The summed E-state index contributed by atoms with van der Waals surface area (Å²) < 4.78 is 0. The van der Waals surface area contributed by atoms with Crippen LogP contribution in [0.1, 0.15) is 20.1 Å². The Morgan fingerprint density at radius 3 is 2.48 bits per heavy atom. The summed E-state index contributed by atoms with van der Waals surface area (Å²) in [4.78, 5) is 18.8. The van der Waals surface area contributed by atoms with Crippen molar-refractivity contribution in [2.75, 3.05) is 32.7 Å². The molecule has 3 nitrogen and oxygen atoms in total. The Bertz CT molecular complexity index is 670. The number of amides is 1. The van der Waals surface area contributed by atoms with E-state index in [1.54, 1.807) is 11.3 Å². The fraction of sp³-hybridized carbons (Fsp3) is 0.316. The smallest absolute Gasteiger partial charge is 0.264 e. The van der Waals surface area contributed by atoms with Crippen molar-refractivity contribution in [1.82, 2.24) is 9.80 Å². The molecule has 0 atom stereocenters. The van der Waals surface area contributed by atoms with Gasteiger partial charge in [-0.1, -0.05) is 42.5 Å². The van der Waals surface area contributed by atoms with E-state index in [0.717, 1.165) is 37.6 Å². The molecule has 2 aromatic rings. The highest BCUT2D eigenvalue weighted by molar-refractivity contribution is 7.13. The highest BCUT2D eigenvalue weighted by Gasteiger charge is 2.22. The van der Waals surface area contributed by atoms with Crippen LogP contribution in [-0.2, 0) is 0 Å². The van der Waals surface area contributed by atoms with Gasteiger partial charge in [-0.25, -0.2) is 0 Å². The molecule has 1 saturated heterocycles. The van der Waals surface area contributed by atoms with Crippen LogP contribution in [0.2, 0.25) is 0 Å². The van der Waals surface area contributed by atoms with Crippen LogP contribution >= 0.6 is 11.3 Å². The molecule has 120 valence electrons. The third kappa shape index (κ3) is 4.30. The summed E-state index contributed by atoms with van der Waals surface area (Å²) in [6.45, 7) is 6.49. The predicted octanol–water partition coefficient (Wildman–Crippen LogP) is 3.53. The topological polar surface area (TPSA) is 23.6 Å². The fourth-order valence-corrected chi connectivity index (χ4v) is 3.58. The van der Waals surface area contributed by atoms with E-state index in [0.29, 0.717) is 0 Å². The zero-order valence-electron chi connectivity index (χ0n) is 13.4. The zero-order valence-corrected chi connectivity index (χ0v) is 14.3. The number of hydrogen-bond donors (Lipinski definition) is 0. The molecule has 0 radical (unpaired) electrons. The molecule has 2 heterocycles. The molecule has 0 aliphatic carbocycles. The number of carbonyl (C=O) groups is 1. The maximum Gasteiger partial charge on any atom is 0.264 e. The van der Waals surface area contributed by atoms with Crippen molar-refractivity contribution in [3.8, 4) is 0 Å². The summed E-state index contributed by atoms with van der Waals surface area (Å²) in [5.41, 5.74) is 1.23. The summed E-state index contributed by atoms with van der Waals surface area (Å²) in [6, 6.07) is 14.3. The van der Waals surface area contributed by atoms with E-state index in [9.17, 15) is 4.79 Å². The van der Waals surface area contributed by atoms with E-state index in [4.69, 9.17) is 0 Å². The van der Waals surface area contributed by atoms with Gasteiger partial charge >= 0.3 is 0 Å². The van der Waals surface area contributed by atoms with Crippen molar-refractivity contribution in [2.45, 2.75) is 6.92 Å². The molecule has 1 aromatic heterocycles. The van der Waals surface area contributed by atoms with Crippen LogP contribution in [-0.4, -0.2) is 48.4 Å². The van der Waals surface area contributed by atoms with Gasteiger partial charge in [0.1, 0.15) is 0 Å². The highest BCUT2D eigenvalue weighted by Crippen LogP contribution is 2.18. The zero-order chi connectivity index (χ0) is 16.1. The summed E-state index contributed by atoms with van der Waals surface area (Å²) in [7, 11) is 0. The van der Waals surface area contributed by atoms with E-state index in [1.807, 2.05) is 30.0 Å². The van der Waals surface area contributed by atoms with Crippen LogP contribution < -0.4 is 0 Å². The molecule has 0 N–H and O–H groups in total. The van der Waals surface area contributed by atoms with Crippen LogP contribution in [0.5, 0.6) is 0 Å². The second-order valence-electron chi connectivity index (χ2n) is 5.82. The minimum atomic E-state index is 0.183. The monoisotopic (exact) mass is 326 g/mol. The van der Waals surface area contributed by atoms with Gasteiger partial charge in [0.15, 0.2) is 0 Å². The first-order valence-corrected chi connectivity index (χ1v) is 8.84. The second kappa shape index (κ2) is 7.57. The minimum absolute atomic E-state index is 0.183. The molecule has 1 amide bonds. The Kier molecular flexibility index (Phi) is 5.26. The lowest BCUT2D eigenvalue weighted by molar-refractivity contribution is 0.0655. The largest absolute Gasteiger partial charge is 0.335 e. The molecule has 0 saturated carbocycles. The third-order valence-corrected chi connectivity index (χ3v) is 5.07. The van der Waals surface area contributed by atoms with Gasteiger partial charge in [-0.2, -0.15) is 0 Å². The molecule has 23 heavy (non-hydrogen) atoms. The lowest BCUT2D eigenvalue weighted by Gasteiger charge is -2.33. The molecule has 1 fully saturated rings. The molecule has 1 aromatic carbocycles. The van der Waals surface area contributed by atoms with Crippen LogP contribution in [0, 0.1) is 6.92 Å². The number of thiophene rings is 1. The van der Waals surface area contributed by atoms with Gasteiger partial charge in [0.05, 0.1) is 4.88 Å². The Hall–Kier alpha value is -1.91. The average Bonchev–Trinajstić information content (AvgIpc) is 3.02. The number of carbonyl (C=O) groups excluding carboxylic acids is 1. The summed E-state index contributed by atoms with van der Waals surface area (Å²) in [6.07, 6.45) is 4.36. The Labute approximate surface area is 141 Å². The van der Waals surface area contributed by atoms with Gasteiger partial charge in [-0.3, -0.25) is 9.69 Å². The van der Waals surface area contributed by atoms with Crippen molar-refractivity contribution >= 4 is 23.3 Å². The lowest BCUT2D eigenvalue weighted by Crippen LogP contribution is -2.48. The number of rotatable bonds is 4. The Morgan fingerprint density at radius 1 is 1.09 bits per heavy atom. The number of piperazine rings is 1. The van der Waals surface area contributed by atoms with Gasteiger partial charge in [0, 0.05) is 37.6 Å². The standard InChI is InChI=1S/C19H22N2OS/c1-16-9-10-18(23-16)19(22)21-14-12-20(13-15-21)11-5-8-17-6-3-2-4-7-17/h2-10H,11-15H2,1H3/b8-5+. The summed E-state index contributed by atoms with van der Waals surface area (Å²) in [5.74, 6) is 0.183. The van der Waals surface area contributed by atoms with E-state index < -0.39 is 0 Å². The second-order valence-corrected chi connectivity index (χ2v) is 7.10. The van der Waals surface area contributed by atoms with E-state index in [1.165, 1.54) is 10.4 Å². The van der Waals surface area contributed by atoms with Crippen molar-refractivity contribution in [2.24, 2.45) is 0 Å². The van der Waals surface area contributed by atoms with Gasteiger partial charge in [-0.15, -0.1) is 11.3 Å². The van der Waals surface area contributed by atoms with E-state index in [-0.39, 0.29) is 5.91 Å². The SMILES string of the molecule is Cc1ccc(C(=O)N2CCN(C/C=C/c3ccccc3)CC2)s1. The first-order chi connectivity index (χ1) is 11.2. The molecule has 4 heteroatoms. The van der Waals surface area contributed by atoms with Crippen molar-refractivity contribution in [1.29, 1.82) is 0 Å². The predicted molar refractivity (Wildman–Crippen MR) is 96.9 cm³/mol. The van der Waals surface area contributed by atoms with Crippen LogP contribution in [0.25, 0.3) is 6.08 Å². The van der Waals surface area contributed by atoms with Gasteiger partial charge in [-0.05, 0) is 24.6 Å². The quantitative estimate of drug-likeness (QED) is 0.858. The van der Waals surface area contributed by atoms with Gasteiger partial charge in [0.25, 0.3) is 5.91 Å². The summed E-state index contributed by atoms with van der Waals surface area (Å²) >= 11 is 1.59. The van der Waals surface area contributed by atoms with Crippen molar-refractivity contribution < 1.29 is 4.79 Å². The maximum atomic E-state index is 12.4. The van der Waals surface area contributed by atoms with Crippen LogP contribution in [0.15, 0.2) is 48.5 Å². The van der Waals surface area contributed by atoms with Crippen molar-refractivity contribution in [3.63, 3.8) is 0 Å². The van der Waals surface area contributed by atoms with Crippen LogP contribution in [0.3, 0.4) is 0 Å². The van der Waals surface area contributed by atoms with E-state index in [2.05, 4.69) is 41.3 Å². The number of hydrogen-bond acceptors (Lipinski definition) is 3. The minimum Gasteiger partial charge on any atom is -0.335 e. The first kappa shape index (κ1) is 16.0.